The highest BCUT2D eigenvalue weighted by Crippen LogP contribution is 2.46. The Hall–Kier alpha value is -4.88. The van der Waals surface area contributed by atoms with E-state index in [1.165, 1.54) is 114 Å². The zero-order chi connectivity index (χ0) is 33.9. The Balaban J connectivity index is 1.61. The van der Waals surface area contributed by atoms with Crippen molar-refractivity contribution in [1.82, 2.24) is 0 Å². The number of fused-ring (bicyclic) bond motifs is 8. The van der Waals surface area contributed by atoms with Crippen LogP contribution in [0.15, 0.2) is 101 Å². The summed E-state index contributed by atoms with van der Waals surface area (Å²) >= 11 is 0. The monoisotopic (exact) mass is 616 g/mol. The first-order chi connectivity index (χ1) is 23.7. The molecule has 0 saturated heterocycles. The maximum absolute atomic E-state index is 6.79. The molecule has 9 aromatic rings. The molecule has 0 aliphatic rings. The number of furan rings is 1. The lowest BCUT2D eigenvalue weighted by atomic mass is 9.59. The topological polar surface area (TPSA) is 13.1 Å². The van der Waals surface area contributed by atoms with E-state index in [2.05, 4.69) is 160 Å². The van der Waals surface area contributed by atoms with Crippen LogP contribution in [-0.4, -0.2) is 62.8 Å². The van der Waals surface area contributed by atoms with Gasteiger partial charge in [0.25, 0.3) is 0 Å². The average molecular weight is 615 g/mol. The molecule has 1 heterocycles. The highest BCUT2D eigenvalue weighted by atomic mass is 16.3. The Kier molecular flexibility index (Phi) is 6.66. The van der Waals surface area contributed by atoms with Gasteiger partial charge in [0.05, 0.1) is 0 Å². The molecule has 0 fully saturated rings. The van der Waals surface area contributed by atoms with E-state index in [0.717, 1.165) is 16.6 Å². The zero-order valence-corrected chi connectivity index (χ0v) is 29.6. The molecule has 1 nitrogen and oxygen atoms in total. The fourth-order valence-electron chi connectivity index (χ4n) is 8.87. The minimum atomic E-state index is 0.930. The van der Waals surface area contributed by atoms with E-state index in [9.17, 15) is 0 Å². The molecule has 0 unspecified atom stereocenters. The SMILES string of the molecule is Bc1c(B)c(B)c2c(-c3cccc4oc5c6ccccc6ccc5c34)c3c(B)c(B)c(B)c(B)c3c(-c3cccc4ccccc34)c2c1B. The normalized spacial score (nSPS) is 11.9. The van der Waals surface area contributed by atoms with Crippen molar-refractivity contribution in [2.24, 2.45) is 0 Å². The van der Waals surface area contributed by atoms with Crippen LogP contribution in [0.5, 0.6) is 0 Å². The highest BCUT2D eigenvalue weighted by Gasteiger charge is 2.27. The smallest absolute Gasteiger partial charge is 0.143 e. The van der Waals surface area contributed by atoms with Crippen LogP contribution in [0.25, 0.3) is 87.3 Å². The minimum Gasteiger partial charge on any atom is -0.455 e. The molecule has 8 aromatic carbocycles. The molecular weight excluding hydrogens is 583 g/mol. The Labute approximate surface area is 294 Å². The van der Waals surface area contributed by atoms with Gasteiger partial charge in [0.2, 0.25) is 0 Å². The fourth-order valence-corrected chi connectivity index (χ4v) is 8.87. The summed E-state index contributed by atoms with van der Waals surface area (Å²) in [5, 5.41) is 12.7. The van der Waals surface area contributed by atoms with Gasteiger partial charge in [0.1, 0.15) is 73.9 Å². The van der Waals surface area contributed by atoms with Gasteiger partial charge in [0, 0.05) is 16.2 Å². The third-order valence-electron chi connectivity index (χ3n) is 12.1. The van der Waals surface area contributed by atoms with Crippen molar-refractivity contribution in [1.29, 1.82) is 0 Å². The van der Waals surface area contributed by atoms with Gasteiger partial charge in [-0.05, 0) is 72.1 Å². The molecule has 9 heteroatoms. The largest absolute Gasteiger partial charge is 0.455 e. The van der Waals surface area contributed by atoms with Crippen LogP contribution in [0.4, 0.5) is 0 Å². The second kappa shape index (κ2) is 10.8. The van der Waals surface area contributed by atoms with Crippen molar-refractivity contribution in [2.75, 3.05) is 0 Å². The lowest BCUT2D eigenvalue weighted by Gasteiger charge is -2.28. The predicted octanol–water partition coefficient (Wildman–Crippen LogP) is -2.40. The third kappa shape index (κ3) is 4.05. The first kappa shape index (κ1) is 30.2. The van der Waals surface area contributed by atoms with Crippen LogP contribution in [0.3, 0.4) is 0 Å². The van der Waals surface area contributed by atoms with Crippen molar-refractivity contribution in [3.8, 4) is 22.3 Å². The summed E-state index contributed by atoms with van der Waals surface area (Å²) in [4.78, 5) is 0. The van der Waals surface area contributed by atoms with E-state index in [1.54, 1.807) is 0 Å². The van der Waals surface area contributed by atoms with Crippen LogP contribution in [0.1, 0.15) is 0 Å². The fraction of sp³-hybridized carbons (Fsp3) is 0. The van der Waals surface area contributed by atoms with E-state index < -0.39 is 0 Å². The molecule has 0 aliphatic heterocycles. The molecule has 9 rings (SSSR count). The van der Waals surface area contributed by atoms with Crippen molar-refractivity contribution < 1.29 is 4.42 Å². The van der Waals surface area contributed by atoms with Crippen molar-refractivity contribution in [2.45, 2.75) is 0 Å². The van der Waals surface area contributed by atoms with E-state index in [1.807, 2.05) is 0 Å². The third-order valence-corrected chi connectivity index (χ3v) is 12.1. The lowest BCUT2D eigenvalue weighted by Crippen LogP contribution is -2.50. The van der Waals surface area contributed by atoms with Crippen LogP contribution in [0.2, 0.25) is 0 Å². The second-order valence-corrected chi connectivity index (χ2v) is 14.2. The Morgan fingerprint density at radius 1 is 0.327 bits per heavy atom. The average Bonchev–Trinajstić information content (AvgIpc) is 3.53. The summed E-state index contributed by atoms with van der Waals surface area (Å²) in [7, 11) is 18.6. The van der Waals surface area contributed by atoms with E-state index >= 15 is 0 Å². The van der Waals surface area contributed by atoms with Gasteiger partial charge < -0.3 is 4.42 Å². The number of hydrogen-bond acceptors (Lipinski definition) is 1. The summed E-state index contributed by atoms with van der Waals surface area (Å²) < 4.78 is 6.79. The van der Waals surface area contributed by atoms with Gasteiger partial charge in [-0.1, -0.05) is 107 Å². The van der Waals surface area contributed by atoms with Gasteiger partial charge in [0.15, 0.2) is 0 Å². The predicted molar refractivity (Wildman–Crippen MR) is 240 cm³/mol. The summed E-state index contributed by atoms with van der Waals surface area (Å²) in [6.45, 7) is 0. The van der Waals surface area contributed by atoms with Crippen LogP contribution >= 0.6 is 0 Å². The molecule has 0 saturated carbocycles. The van der Waals surface area contributed by atoms with Gasteiger partial charge in [-0.15, -0.1) is 21.9 Å². The maximum atomic E-state index is 6.79. The summed E-state index contributed by atoms with van der Waals surface area (Å²) in [5.41, 5.74) is 18.0. The lowest BCUT2D eigenvalue weighted by molar-refractivity contribution is 0.673. The van der Waals surface area contributed by atoms with E-state index in [0.29, 0.717) is 0 Å². The van der Waals surface area contributed by atoms with Crippen LogP contribution in [-0.2, 0) is 0 Å². The maximum Gasteiger partial charge on any atom is 0.143 e. The Morgan fingerprint density at radius 2 is 0.776 bits per heavy atom. The molecule has 49 heavy (non-hydrogen) atoms. The summed E-state index contributed by atoms with van der Waals surface area (Å²) in [5.74, 6) is 0. The number of hydrogen-bond donors (Lipinski definition) is 0. The molecular formula is C40H32B8O. The molecule has 1 aromatic heterocycles. The quantitative estimate of drug-likeness (QED) is 0.156. The van der Waals surface area contributed by atoms with Gasteiger partial charge in [-0.2, -0.15) is 0 Å². The van der Waals surface area contributed by atoms with E-state index in [4.69, 9.17) is 4.42 Å². The Bertz CT molecular complexity index is 2840. The standard InChI is InChI=1S/C40H32B8O/c41-32-28-26(21-12-5-9-17-7-1-3-10-19(17)21)29-31(35(44)39(48)37(46)33(29)42)27(30(28)34(43)38(47)36(32)45)22-13-6-14-24-25(22)23-16-15-18-8-2-4-11-20(18)40(23)49-24/h1-16H,41-48H2. The van der Waals surface area contributed by atoms with Crippen molar-refractivity contribution in [3.63, 3.8) is 0 Å². The molecule has 0 atom stereocenters. The number of rotatable bonds is 2. The van der Waals surface area contributed by atoms with Gasteiger partial charge in [-0.3, -0.25) is 0 Å². The van der Waals surface area contributed by atoms with E-state index in [-0.39, 0.29) is 0 Å². The molecule has 0 aliphatic carbocycles. The number of benzene rings is 8. The van der Waals surface area contributed by atoms with Crippen LogP contribution in [0, 0.1) is 0 Å². The molecule has 0 amide bonds. The first-order valence-electron chi connectivity index (χ1n) is 17.5. The van der Waals surface area contributed by atoms with Crippen LogP contribution < -0.4 is 43.7 Å². The molecule has 222 valence electrons. The van der Waals surface area contributed by atoms with Crippen molar-refractivity contribution >= 4 is 172 Å². The Morgan fingerprint density at radius 3 is 1.37 bits per heavy atom. The first-order valence-corrected chi connectivity index (χ1v) is 17.5. The molecule has 0 spiro atoms. The molecule has 0 bridgehead atoms. The van der Waals surface area contributed by atoms with Gasteiger partial charge >= 0.3 is 0 Å². The van der Waals surface area contributed by atoms with Gasteiger partial charge in [-0.25, -0.2) is 0 Å². The summed E-state index contributed by atoms with van der Waals surface area (Å²) in [6.07, 6.45) is 0. The van der Waals surface area contributed by atoms with Crippen molar-refractivity contribution in [3.05, 3.63) is 97.1 Å². The minimum absolute atomic E-state index is 0.930. The highest BCUT2D eigenvalue weighted by molar-refractivity contribution is 6.71. The second-order valence-electron chi connectivity index (χ2n) is 14.2. The molecule has 0 radical (unpaired) electrons. The molecule has 0 N–H and O–H groups in total. The zero-order valence-electron chi connectivity index (χ0n) is 29.6. The summed E-state index contributed by atoms with van der Waals surface area (Å²) in [6, 6.07) is 35.4.